The highest BCUT2D eigenvalue weighted by molar-refractivity contribution is 6.01. The maximum Gasteiger partial charge on any atom is 0.297 e. The van der Waals surface area contributed by atoms with Crippen molar-refractivity contribution < 1.29 is 9.21 Å². The van der Waals surface area contributed by atoms with Crippen molar-refractivity contribution in [2.24, 2.45) is 5.92 Å². The van der Waals surface area contributed by atoms with E-state index < -0.39 is 0 Å². The number of carbonyl (C=O) groups is 1. The third-order valence-corrected chi connectivity index (χ3v) is 5.09. The monoisotopic (exact) mass is 324 g/mol. The average molecular weight is 324 g/mol. The molecule has 7 heteroatoms. The van der Waals surface area contributed by atoms with E-state index in [1.54, 1.807) is 16.5 Å². The van der Waals surface area contributed by atoms with Crippen LogP contribution in [0.5, 0.6) is 0 Å². The van der Waals surface area contributed by atoms with Gasteiger partial charge < -0.3 is 14.6 Å². The molecule has 122 valence electrons. The Hall–Kier alpha value is -2.67. The first-order chi connectivity index (χ1) is 11.6. The van der Waals surface area contributed by atoms with Crippen LogP contribution < -0.4 is 10.9 Å². The van der Waals surface area contributed by atoms with Gasteiger partial charge in [0.25, 0.3) is 5.56 Å². The summed E-state index contributed by atoms with van der Waals surface area (Å²) in [6, 6.07) is 7.29. The van der Waals surface area contributed by atoms with Gasteiger partial charge in [0.1, 0.15) is 16.9 Å². The van der Waals surface area contributed by atoms with Gasteiger partial charge in [-0.1, -0.05) is 12.1 Å². The van der Waals surface area contributed by atoms with Crippen LogP contribution in [-0.2, 0) is 11.3 Å². The zero-order valence-corrected chi connectivity index (χ0v) is 13.2. The number of aromatic nitrogens is 2. The molecule has 2 aromatic heterocycles. The minimum absolute atomic E-state index is 0.0522. The lowest BCUT2D eigenvalue weighted by Crippen LogP contribution is -2.34. The van der Waals surface area contributed by atoms with Gasteiger partial charge in [-0.25, -0.2) is 4.98 Å². The molecule has 0 spiro atoms. The lowest BCUT2D eigenvalue weighted by atomic mass is 10.0. The van der Waals surface area contributed by atoms with Gasteiger partial charge in [0.05, 0.1) is 18.5 Å². The Morgan fingerprint density at radius 3 is 2.96 bits per heavy atom. The number of rotatable bonds is 0. The molecule has 2 unspecified atom stereocenters. The van der Waals surface area contributed by atoms with Crippen LogP contribution in [0.1, 0.15) is 11.9 Å². The Kier molecular flexibility index (Phi) is 2.67. The number of furan rings is 1. The van der Waals surface area contributed by atoms with E-state index in [9.17, 15) is 9.59 Å². The minimum atomic E-state index is -0.238. The fraction of sp³-hybridized carbons (Fsp3) is 0.353. The van der Waals surface area contributed by atoms with Gasteiger partial charge in [-0.3, -0.25) is 14.2 Å². The molecule has 1 amide bonds. The summed E-state index contributed by atoms with van der Waals surface area (Å²) in [5.41, 5.74) is 1.30. The number of fused-ring (bicyclic) bond motifs is 6. The molecule has 0 saturated carbocycles. The van der Waals surface area contributed by atoms with Crippen molar-refractivity contribution >= 4 is 28.0 Å². The quantitative estimate of drug-likeness (QED) is 0.664. The summed E-state index contributed by atoms with van der Waals surface area (Å²) >= 11 is 0. The van der Waals surface area contributed by atoms with E-state index in [0.29, 0.717) is 36.6 Å². The van der Waals surface area contributed by atoms with Gasteiger partial charge in [0.2, 0.25) is 11.5 Å². The van der Waals surface area contributed by atoms with Crippen molar-refractivity contribution in [1.82, 2.24) is 19.8 Å². The molecule has 5 rings (SSSR count). The second-order valence-corrected chi connectivity index (χ2v) is 6.51. The molecule has 0 bridgehead atoms. The van der Waals surface area contributed by atoms with Crippen molar-refractivity contribution in [3.05, 3.63) is 40.4 Å². The van der Waals surface area contributed by atoms with Crippen LogP contribution in [0.2, 0.25) is 0 Å². The number of hydrogen-bond donors (Lipinski definition) is 1. The van der Waals surface area contributed by atoms with Crippen LogP contribution in [0.4, 0.5) is 0 Å². The lowest BCUT2D eigenvalue weighted by Gasteiger charge is -2.18. The Morgan fingerprint density at radius 1 is 1.25 bits per heavy atom. The molecule has 3 aromatic rings. The molecule has 1 fully saturated rings. The largest absolute Gasteiger partial charge is 0.448 e. The first kappa shape index (κ1) is 13.7. The predicted octanol–water partition coefficient (Wildman–Crippen LogP) is 0.875. The summed E-state index contributed by atoms with van der Waals surface area (Å²) in [7, 11) is 1.76. The summed E-state index contributed by atoms with van der Waals surface area (Å²) in [4.78, 5) is 32.1. The molecule has 0 radical (unpaired) electrons. The van der Waals surface area contributed by atoms with E-state index in [4.69, 9.17) is 9.40 Å². The van der Waals surface area contributed by atoms with E-state index in [2.05, 4.69) is 5.32 Å². The summed E-state index contributed by atoms with van der Waals surface area (Å²) in [5.74, 6) is 0.431. The summed E-state index contributed by atoms with van der Waals surface area (Å²) in [5, 5.41) is 4.05. The van der Waals surface area contributed by atoms with E-state index in [1.165, 1.54) is 0 Å². The van der Waals surface area contributed by atoms with Gasteiger partial charge in [0, 0.05) is 25.5 Å². The highest BCUT2D eigenvalue weighted by Gasteiger charge is 2.41. The van der Waals surface area contributed by atoms with Gasteiger partial charge >= 0.3 is 0 Å². The smallest absolute Gasteiger partial charge is 0.297 e. The van der Waals surface area contributed by atoms with Gasteiger partial charge in [-0.05, 0) is 12.1 Å². The maximum absolute atomic E-state index is 13.1. The molecule has 1 aromatic carbocycles. The van der Waals surface area contributed by atoms with Crippen molar-refractivity contribution in [1.29, 1.82) is 0 Å². The number of carbonyl (C=O) groups excluding carboxylic acids is 1. The number of nitrogens with one attached hydrogen (secondary N) is 1. The van der Waals surface area contributed by atoms with Crippen molar-refractivity contribution in [3.8, 4) is 0 Å². The Bertz CT molecular complexity index is 1050. The standard InChI is InChI=1S/C17H16N4O3/c1-20-8-13-19-14-9-4-2-3-5-12(9)24-15(14)17(23)21(13)11-7-18-6-10(11)16(20)22/h2-5,10-11,18H,6-8H2,1H3. The third-order valence-electron chi connectivity index (χ3n) is 5.09. The number of benzene rings is 1. The van der Waals surface area contributed by atoms with Crippen molar-refractivity contribution in [2.75, 3.05) is 20.1 Å². The summed E-state index contributed by atoms with van der Waals surface area (Å²) in [6.45, 7) is 1.50. The zero-order valence-electron chi connectivity index (χ0n) is 13.2. The number of hydrogen-bond acceptors (Lipinski definition) is 5. The second kappa shape index (κ2) is 4.67. The fourth-order valence-corrected chi connectivity index (χ4v) is 3.91. The fourth-order valence-electron chi connectivity index (χ4n) is 3.91. The average Bonchev–Trinajstić information content (AvgIpc) is 3.17. The predicted molar refractivity (Wildman–Crippen MR) is 87.6 cm³/mol. The molecular formula is C17H16N4O3. The first-order valence-corrected chi connectivity index (χ1v) is 8.03. The van der Waals surface area contributed by atoms with Crippen LogP contribution in [-0.4, -0.2) is 40.5 Å². The van der Waals surface area contributed by atoms with Crippen LogP contribution in [0.25, 0.3) is 22.1 Å². The van der Waals surface area contributed by atoms with Crippen molar-refractivity contribution in [2.45, 2.75) is 12.6 Å². The summed E-state index contributed by atoms with van der Waals surface area (Å²) in [6.07, 6.45) is 0. The van der Waals surface area contributed by atoms with E-state index in [1.807, 2.05) is 24.3 Å². The van der Waals surface area contributed by atoms with E-state index in [0.717, 1.165) is 5.39 Å². The Balaban J connectivity index is 1.87. The van der Waals surface area contributed by atoms with Crippen LogP contribution in [0, 0.1) is 5.92 Å². The minimum Gasteiger partial charge on any atom is -0.448 e. The SMILES string of the molecule is CN1Cc2nc3c(oc4ccccc43)c(=O)n2C2CNCC2C1=O. The molecule has 2 aliphatic heterocycles. The van der Waals surface area contributed by atoms with Gasteiger partial charge in [-0.2, -0.15) is 0 Å². The molecule has 0 aliphatic carbocycles. The molecule has 1 N–H and O–H groups in total. The van der Waals surface area contributed by atoms with Crippen molar-refractivity contribution in [3.63, 3.8) is 0 Å². The van der Waals surface area contributed by atoms with E-state index >= 15 is 0 Å². The molecule has 1 saturated heterocycles. The van der Waals surface area contributed by atoms with Crippen LogP contribution in [0.15, 0.2) is 33.5 Å². The lowest BCUT2D eigenvalue weighted by molar-refractivity contribution is -0.134. The van der Waals surface area contributed by atoms with Crippen LogP contribution >= 0.6 is 0 Å². The second-order valence-electron chi connectivity index (χ2n) is 6.51. The zero-order chi connectivity index (χ0) is 16.4. The van der Waals surface area contributed by atoms with Gasteiger partial charge in [0.15, 0.2) is 0 Å². The Labute approximate surface area is 136 Å². The topological polar surface area (TPSA) is 80.4 Å². The molecule has 2 aliphatic rings. The number of para-hydroxylation sites is 1. The first-order valence-electron chi connectivity index (χ1n) is 8.03. The number of nitrogens with zero attached hydrogens (tertiary/aromatic N) is 3. The molecule has 4 heterocycles. The molecule has 2 atom stereocenters. The Morgan fingerprint density at radius 2 is 2.08 bits per heavy atom. The molecular weight excluding hydrogens is 308 g/mol. The number of amides is 1. The van der Waals surface area contributed by atoms with Gasteiger partial charge in [-0.15, -0.1) is 0 Å². The highest BCUT2D eigenvalue weighted by atomic mass is 16.3. The van der Waals surface area contributed by atoms with E-state index in [-0.39, 0.29) is 29.0 Å². The normalized spacial score (nSPS) is 23.5. The van der Waals surface area contributed by atoms with Crippen LogP contribution in [0.3, 0.4) is 0 Å². The molecule has 7 nitrogen and oxygen atoms in total. The molecule has 24 heavy (non-hydrogen) atoms. The third kappa shape index (κ3) is 1.67. The highest BCUT2D eigenvalue weighted by Crippen LogP contribution is 2.31. The summed E-state index contributed by atoms with van der Waals surface area (Å²) < 4.78 is 7.44. The maximum atomic E-state index is 13.1.